The third-order valence-corrected chi connectivity index (χ3v) is 5.07. The molecule has 1 aliphatic rings. The zero-order valence-corrected chi connectivity index (χ0v) is 16.2. The van der Waals surface area contributed by atoms with E-state index in [2.05, 4.69) is 15.3 Å². The van der Waals surface area contributed by atoms with Crippen LogP contribution in [0.1, 0.15) is 17.2 Å². The van der Waals surface area contributed by atoms with Gasteiger partial charge in [-0.1, -0.05) is 52.8 Å². The molecule has 0 saturated heterocycles. The number of fused-ring (bicyclic) bond motifs is 1. The van der Waals surface area contributed by atoms with Crippen molar-refractivity contribution < 1.29 is 32.1 Å². The minimum absolute atomic E-state index is 0.0153. The Morgan fingerprint density at radius 1 is 1.00 bits per heavy atom. The molecule has 4 aromatic rings. The first-order valence-corrected chi connectivity index (χ1v) is 9.50. The van der Waals surface area contributed by atoms with Crippen LogP contribution in [0.4, 0.5) is 13.2 Å². The molecule has 2 aromatic heterocycles. The van der Waals surface area contributed by atoms with E-state index in [0.717, 1.165) is 0 Å². The van der Waals surface area contributed by atoms with Crippen molar-refractivity contribution in [2.75, 3.05) is 6.61 Å². The van der Waals surface area contributed by atoms with Crippen molar-refractivity contribution in [2.45, 2.75) is 18.3 Å². The van der Waals surface area contributed by atoms with Gasteiger partial charge in [0.05, 0.1) is 6.04 Å². The number of hydrogen-bond donors (Lipinski definition) is 2. The summed E-state index contributed by atoms with van der Waals surface area (Å²) >= 11 is 0. The van der Waals surface area contributed by atoms with E-state index in [1.54, 1.807) is 36.4 Å². The lowest BCUT2D eigenvalue weighted by molar-refractivity contribution is -0.136. The highest BCUT2D eigenvalue weighted by Gasteiger charge is 2.43. The summed E-state index contributed by atoms with van der Waals surface area (Å²) in [4.78, 5) is 4.06. The van der Waals surface area contributed by atoms with Gasteiger partial charge in [0, 0.05) is 16.7 Å². The predicted molar refractivity (Wildman–Crippen MR) is 104 cm³/mol. The Bertz CT molecular complexity index is 1270. The van der Waals surface area contributed by atoms with Crippen molar-refractivity contribution in [3.05, 3.63) is 59.7 Å². The van der Waals surface area contributed by atoms with E-state index in [0.29, 0.717) is 16.9 Å². The zero-order chi connectivity index (χ0) is 22.5. The molecule has 0 radical (unpaired) electrons. The molecule has 5 rings (SSSR count). The fraction of sp³-hybridized carbons (Fsp3) is 0.190. The second-order valence-electron chi connectivity index (χ2n) is 7.19. The third-order valence-electron chi connectivity index (χ3n) is 5.07. The molecule has 8 nitrogen and oxygen atoms in total. The Balaban J connectivity index is 1.54. The number of aromatic nitrogens is 3. The van der Waals surface area contributed by atoms with Gasteiger partial charge in [0.1, 0.15) is 29.7 Å². The van der Waals surface area contributed by atoms with Crippen LogP contribution in [-0.4, -0.2) is 33.1 Å². The minimum atomic E-state index is -4.77. The molecular weight excluding hydrogens is 429 g/mol. The van der Waals surface area contributed by atoms with Gasteiger partial charge in [0.2, 0.25) is 11.6 Å². The quantitative estimate of drug-likeness (QED) is 0.489. The number of ether oxygens (including phenoxy) is 1. The number of alkyl halides is 3. The lowest BCUT2D eigenvalue weighted by atomic mass is 9.98. The van der Waals surface area contributed by atoms with Crippen molar-refractivity contribution in [3.8, 4) is 40.0 Å². The van der Waals surface area contributed by atoms with E-state index < -0.39 is 35.5 Å². The van der Waals surface area contributed by atoms with Crippen molar-refractivity contribution in [2.24, 2.45) is 5.73 Å². The summed E-state index contributed by atoms with van der Waals surface area (Å²) in [6, 6.07) is 12.0. The van der Waals surface area contributed by atoms with Gasteiger partial charge in [-0.05, 0) is 6.07 Å². The maximum absolute atomic E-state index is 13.9. The molecule has 1 aliphatic heterocycles. The van der Waals surface area contributed by atoms with Crippen LogP contribution in [0.2, 0.25) is 0 Å². The van der Waals surface area contributed by atoms with Gasteiger partial charge in [-0.3, -0.25) is 0 Å². The SMILES string of the molecule is NC1COc2cc(-c3noc(-c4onc(-c5ccccc5)c4C(F)(F)F)n3)ccc2C1O. The molecule has 3 N–H and O–H groups in total. The summed E-state index contributed by atoms with van der Waals surface area (Å²) in [7, 11) is 0. The standard InChI is InChI=1S/C21H15F3N4O4/c22-21(23,24)15-16(10-4-2-1-3-5-10)27-31-18(15)20-26-19(28-32-20)11-6-7-12-14(8-11)30-9-13(25)17(12)29/h1-8,13,17,29H,9,25H2. The van der Waals surface area contributed by atoms with Crippen molar-refractivity contribution in [3.63, 3.8) is 0 Å². The molecule has 0 aliphatic carbocycles. The largest absolute Gasteiger partial charge is 0.491 e. The van der Waals surface area contributed by atoms with Crippen LogP contribution < -0.4 is 10.5 Å². The highest BCUT2D eigenvalue weighted by atomic mass is 19.4. The molecule has 11 heteroatoms. The van der Waals surface area contributed by atoms with Gasteiger partial charge in [0.15, 0.2) is 0 Å². The summed E-state index contributed by atoms with van der Waals surface area (Å²) in [5.41, 5.74) is 5.45. The van der Waals surface area contributed by atoms with E-state index in [1.807, 2.05) is 0 Å². The number of rotatable bonds is 3. The fourth-order valence-electron chi connectivity index (χ4n) is 3.48. The third kappa shape index (κ3) is 3.41. The second kappa shape index (κ2) is 7.46. The first kappa shape index (κ1) is 20.2. The number of aliphatic hydroxyl groups excluding tert-OH is 1. The molecule has 0 amide bonds. The van der Waals surface area contributed by atoms with Crippen molar-refractivity contribution >= 4 is 0 Å². The predicted octanol–water partition coefficient (Wildman–Crippen LogP) is 3.83. The molecule has 2 unspecified atom stereocenters. The molecule has 164 valence electrons. The number of benzene rings is 2. The molecule has 2 aromatic carbocycles. The number of hydrogen-bond acceptors (Lipinski definition) is 8. The van der Waals surface area contributed by atoms with Gasteiger partial charge < -0.3 is 24.6 Å². The molecule has 32 heavy (non-hydrogen) atoms. The lowest BCUT2D eigenvalue weighted by Crippen LogP contribution is -2.38. The second-order valence-corrected chi connectivity index (χ2v) is 7.19. The van der Waals surface area contributed by atoms with Crippen LogP contribution in [0.3, 0.4) is 0 Å². The number of nitrogens with two attached hydrogens (primary N) is 1. The highest BCUT2D eigenvalue weighted by molar-refractivity contribution is 5.71. The number of aliphatic hydroxyl groups is 1. The Kier molecular flexibility index (Phi) is 4.72. The van der Waals surface area contributed by atoms with Crippen molar-refractivity contribution in [1.82, 2.24) is 15.3 Å². The molecule has 3 heterocycles. The number of halogens is 3. The van der Waals surface area contributed by atoms with E-state index in [4.69, 9.17) is 19.5 Å². The average Bonchev–Trinajstić information content (AvgIpc) is 3.44. The Labute approximate surface area is 178 Å². The summed E-state index contributed by atoms with van der Waals surface area (Å²) < 4.78 is 57.2. The Morgan fingerprint density at radius 2 is 1.78 bits per heavy atom. The van der Waals surface area contributed by atoms with Crippen molar-refractivity contribution in [1.29, 1.82) is 0 Å². The Morgan fingerprint density at radius 3 is 2.53 bits per heavy atom. The Hall–Kier alpha value is -3.70. The first-order chi connectivity index (χ1) is 15.3. The van der Waals surface area contributed by atoms with E-state index in [9.17, 15) is 18.3 Å². The molecule has 2 atom stereocenters. The number of nitrogens with zero attached hydrogens (tertiary/aromatic N) is 3. The molecule has 0 saturated carbocycles. The normalized spacial score (nSPS) is 18.3. The van der Waals surface area contributed by atoms with Gasteiger partial charge in [0.25, 0.3) is 5.89 Å². The molecule has 0 bridgehead atoms. The van der Waals surface area contributed by atoms with Gasteiger partial charge in [-0.15, -0.1) is 0 Å². The van der Waals surface area contributed by atoms with Crippen LogP contribution in [0, 0.1) is 0 Å². The van der Waals surface area contributed by atoms with E-state index in [-0.39, 0.29) is 23.7 Å². The van der Waals surface area contributed by atoms with Gasteiger partial charge in [-0.2, -0.15) is 18.2 Å². The maximum Gasteiger partial charge on any atom is 0.422 e. The fourth-order valence-corrected chi connectivity index (χ4v) is 3.48. The van der Waals surface area contributed by atoms with Gasteiger partial charge >= 0.3 is 6.18 Å². The first-order valence-electron chi connectivity index (χ1n) is 9.50. The van der Waals surface area contributed by atoms with Crippen LogP contribution in [-0.2, 0) is 6.18 Å². The zero-order valence-electron chi connectivity index (χ0n) is 16.2. The van der Waals surface area contributed by atoms with Crippen LogP contribution in [0.5, 0.6) is 5.75 Å². The average molecular weight is 444 g/mol. The topological polar surface area (TPSA) is 120 Å². The van der Waals surface area contributed by atoms with Crippen LogP contribution in [0.15, 0.2) is 57.6 Å². The summed E-state index contributed by atoms with van der Waals surface area (Å²) in [6.45, 7) is 0.115. The molecule has 0 fully saturated rings. The highest BCUT2D eigenvalue weighted by Crippen LogP contribution is 2.43. The van der Waals surface area contributed by atoms with Crippen LogP contribution in [0.25, 0.3) is 34.3 Å². The smallest absolute Gasteiger partial charge is 0.422 e. The summed E-state index contributed by atoms with van der Waals surface area (Å²) in [6.07, 6.45) is -5.67. The maximum atomic E-state index is 13.9. The van der Waals surface area contributed by atoms with E-state index >= 15 is 0 Å². The molecule has 0 spiro atoms. The van der Waals surface area contributed by atoms with Gasteiger partial charge in [-0.25, -0.2) is 0 Å². The monoisotopic (exact) mass is 444 g/mol. The minimum Gasteiger partial charge on any atom is -0.491 e. The van der Waals surface area contributed by atoms with Crippen LogP contribution >= 0.6 is 0 Å². The lowest BCUT2D eigenvalue weighted by Gasteiger charge is -2.27. The molecular formula is C21H15F3N4O4. The van der Waals surface area contributed by atoms with E-state index in [1.165, 1.54) is 12.1 Å². The summed E-state index contributed by atoms with van der Waals surface area (Å²) in [5, 5.41) is 17.5. The summed E-state index contributed by atoms with van der Waals surface area (Å²) in [5.74, 6) is -0.750.